The molecule has 0 spiro atoms. The van der Waals surface area contributed by atoms with E-state index in [-0.39, 0.29) is 11.0 Å². The van der Waals surface area contributed by atoms with Crippen LogP contribution in [0.3, 0.4) is 0 Å². The molecule has 1 aromatic rings. The lowest BCUT2D eigenvalue weighted by Crippen LogP contribution is -2.24. The van der Waals surface area contributed by atoms with Gasteiger partial charge in [-0.25, -0.2) is 0 Å². The summed E-state index contributed by atoms with van der Waals surface area (Å²) in [5.41, 5.74) is 1.17. The largest absolute Gasteiger partial charge is 0.300 e. The second-order valence-electron chi connectivity index (χ2n) is 4.37. The van der Waals surface area contributed by atoms with Crippen LogP contribution in [0.15, 0.2) is 29.2 Å². The smallest absolute Gasteiger partial charge is 0.134 e. The normalized spacial score (nSPS) is 23.1. The van der Waals surface area contributed by atoms with Gasteiger partial charge in [-0.05, 0) is 31.9 Å². The van der Waals surface area contributed by atoms with Crippen LogP contribution in [0.4, 0.5) is 0 Å². The summed E-state index contributed by atoms with van der Waals surface area (Å²) in [6.07, 6.45) is 2.95. The van der Waals surface area contributed by atoms with E-state index in [1.165, 1.54) is 5.56 Å². The molecular formula is C13H16O2S. The average Bonchev–Trinajstić information content (AvgIpc) is 2.29. The van der Waals surface area contributed by atoms with Crippen LogP contribution in [0.5, 0.6) is 0 Å². The summed E-state index contributed by atoms with van der Waals surface area (Å²) < 4.78 is 12.2. The Kier molecular flexibility index (Phi) is 3.54. The average molecular weight is 236 g/mol. The molecule has 1 fully saturated rings. The number of carbonyl (C=O) groups is 1. The lowest BCUT2D eigenvalue weighted by molar-refractivity contribution is -0.120. The molecule has 86 valence electrons. The Balaban J connectivity index is 2.12. The highest BCUT2D eigenvalue weighted by atomic mass is 32.2. The number of rotatable bonds is 2. The van der Waals surface area contributed by atoms with Crippen molar-refractivity contribution >= 4 is 16.6 Å². The molecule has 3 heteroatoms. The molecule has 2 rings (SSSR count). The molecule has 1 aliphatic carbocycles. The molecule has 2 unspecified atom stereocenters. The molecule has 2 nitrogen and oxygen atoms in total. The number of Topliss-reactive ketones (excluding diaryl/α,β-unsaturated/α-hetero) is 1. The molecular weight excluding hydrogens is 220 g/mol. The van der Waals surface area contributed by atoms with Crippen molar-refractivity contribution in [2.75, 3.05) is 0 Å². The van der Waals surface area contributed by atoms with Crippen LogP contribution in [0.1, 0.15) is 31.2 Å². The highest BCUT2D eigenvalue weighted by Gasteiger charge is 2.25. The molecule has 1 aliphatic rings. The topological polar surface area (TPSA) is 34.1 Å². The highest BCUT2D eigenvalue weighted by Crippen LogP contribution is 2.24. The second kappa shape index (κ2) is 4.91. The van der Waals surface area contributed by atoms with Gasteiger partial charge in [-0.2, -0.15) is 0 Å². The Labute approximate surface area is 98.5 Å². The number of ketones is 1. The maximum atomic E-state index is 12.2. The van der Waals surface area contributed by atoms with E-state index in [4.69, 9.17) is 0 Å². The van der Waals surface area contributed by atoms with Crippen molar-refractivity contribution < 1.29 is 9.00 Å². The first kappa shape index (κ1) is 11.5. The molecule has 0 amide bonds. The molecule has 0 aromatic heterocycles. The predicted molar refractivity (Wildman–Crippen MR) is 64.9 cm³/mol. The van der Waals surface area contributed by atoms with Gasteiger partial charge in [0.25, 0.3) is 0 Å². The van der Waals surface area contributed by atoms with Gasteiger partial charge in [-0.3, -0.25) is 9.00 Å². The summed E-state index contributed by atoms with van der Waals surface area (Å²) in [7, 11) is -1.02. The Bertz CT molecular complexity index is 408. The van der Waals surface area contributed by atoms with E-state index in [0.717, 1.165) is 17.7 Å². The van der Waals surface area contributed by atoms with Gasteiger partial charge < -0.3 is 0 Å². The first-order valence-electron chi connectivity index (χ1n) is 5.66. The molecule has 16 heavy (non-hydrogen) atoms. The number of aryl methyl sites for hydroxylation is 1. The Morgan fingerprint density at radius 3 is 2.56 bits per heavy atom. The van der Waals surface area contributed by atoms with E-state index in [9.17, 15) is 9.00 Å². The fraction of sp³-hybridized carbons (Fsp3) is 0.462. The van der Waals surface area contributed by atoms with E-state index in [1.807, 2.05) is 31.2 Å². The molecule has 0 N–H and O–H groups in total. The molecule has 1 saturated carbocycles. The number of benzene rings is 1. The highest BCUT2D eigenvalue weighted by molar-refractivity contribution is 7.85. The monoisotopic (exact) mass is 236 g/mol. The quantitative estimate of drug-likeness (QED) is 0.791. The summed E-state index contributed by atoms with van der Waals surface area (Å²) in [5.74, 6) is 0.261. The van der Waals surface area contributed by atoms with Crippen LogP contribution in [-0.2, 0) is 15.6 Å². The van der Waals surface area contributed by atoms with Crippen molar-refractivity contribution in [3.05, 3.63) is 29.8 Å². The van der Waals surface area contributed by atoms with E-state index < -0.39 is 10.8 Å². The van der Waals surface area contributed by atoms with E-state index in [2.05, 4.69) is 0 Å². The zero-order valence-corrected chi connectivity index (χ0v) is 10.3. The fourth-order valence-electron chi connectivity index (χ4n) is 2.03. The zero-order chi connectivity index (χ0) is 11.5. The van der Waals surface area contributed by atoms with Gasteiger partial charge in [0.1, 0.15) is 5.78 Å². The van der Waals surface area contributed by atoms with Gasteiger partial charge >= 0.3 is 0 Å². The van der Waals surface area contributed by atoms with Crippen LogP contribution in [0, 0.1) is 6.92 Å². The van der Waals surface area contributed by atoms with Crippen LogP contribution >= 0.6 is 0 Å². The maximum Gasteiger partial charge on any atom is 0.134 e. The summed E-state index contributed by atoms with van der Waals surface area (Å²) in [6.45, 7) is 2.01. The van der Waals surface area contributed by atoms with E-state index >= 15 is 0 Å². The van der Waals surface area contributed by atoms with Gasteiger partial charge in [0, 0.05) is 23.0 Å². The van der Waals surface area contributed by atoms with Gasteiger partial charge in [0.2, 0.25) is 0 Å². The van der Waals surface area contributed by atoms with Crippen molar-refractivity contribution in [1.29, 1.82) is 0 Å². The first-order chi connectivity index (χ1) is 7.66. The number of carbonyl (C=O) groups excluding carboxylic acids is 1. The number of hydrogen-bond donors (Lipinski definition) is 0. The van der Waals surface area contributed by atoms with E-state index in [0.29, 0.717) is 12.8 Å². The SMILES string of the molecule is Cc1ccc(S(=O)C2CCCC(=O)C2)cc1. The molecule has 2 atom stereocenters. The maximum absolute atomic E-state index is 12.2. The zero-order valence-electron chi connectivity index (χ0n) is 9.44. The Morgan fingerprint density at radius 2 is 1.94 bits per heavy atom. The van der Waals surface area contributed by atoms with Gasteiger partial charge in [0.05, 0.1) is 10.8 Å². The molecule has 0 radical (unpaired) electrons. The van der Waals surface area contributed by atoms with Crippen molar-refractivity contribution in [2.24, 2.45) is 0 Å². The summed E-state index contributed by atoms with van der Waals surface area (Å²) in [4.78, 5) is 12.2. The Morgan fingerprint density at radius 1 is 1.25 bits per heavy atom. The minimum atomic E-state index is -1.02. The van der Waals surface area contributed by atoms with Crippen molar-refractivity contribution in [3.63, 3.8) is 0 Å². The predicted octanol–water partition coefficient (Wildman–Crippen LogP) is 2.61. The third kappa shape index (κ3) is 2.59. The second-order valence-corrected chi connectivity index (χ2v) is 6.10. The van der Waals surface area contributed by atoms with Crippen LogP contribution < -0.4 is 0 Å². The standard InChI is InChI=1S/C13H16O2S/c1-10-5-7-12(8-6-10)16(15)13-4-2-3-11(14)9-13/h5-8,13H,2-4,9H2,1H3. The minimum absolute atomic E-state index is 0.0314. The Hall–Kier alpha value is -0.960. The van der Waals surface area contributed by atoms with Crippen LogP contribution in [0.2, 0.25) is 0 Å². The molecule has 0 aliphatic heterocycles. The fourth-order valence-corrected chi connectivity index (χ4v) is 3.54. The van der Waals surface area contributed by atoms with E-state index in [1.54, 1.807) is 0 Å². The third-order valence-corrected chi connectivity index (χ3v) is 4.74. The third-order valence-electron chi connectivity index (χ3n) is 2.99. The molecule has 0 bridgehead atoms. The summed E-state index contributed by atoms with van der Waals surface area (Å²) in [6, 6.07) is 7.75. The number of hydrogen-bond acceptors (Lipinski definition) is 2. The van der Waals surface area contributed by atoms with Gasteiger partial charge in [-0.1, -0.05) is 17.7 Å². The van der Waals surface area contributed by atoms with Gasteiger partial charge in [0.15, 0.2) is 0 Å². The lowest BCUT2D eigenvalue weighted by Gasteiger charge is -2.20. The van der Waals surface area contributed by atoms with Gasteiger partial charge in [-0.15, -0.1) is 0 Å². The molecule has 0 saturated heterocycles. The van der Waals surface area contributed by atoms with Crippen LogP contribution in [-0.4, -0.2) is 15.2 Å². The summed E-state index contributed by atoms with van der Waals surface area (Å²) >= 11 is 0. The molecule has 1 aromatic carbocycles. The minimum Gasteiger partial charge on any atom is -0.300 e. The summed E-state index contributed by atoms with van der Waals surface area (Å²) in [5, 5.41) is 0.0314. The van der Waals surface area contributed by atoms with Crippen molar-refractivity contribution in [2.45, 2.75) is 42.8 Å². The van der Waals surface area contributed by atoms with Crippen molar-refractivity contribution in [3.8, 4) is 0 Å². The molecule has 0 heterocycles. The van der Waals surface area contributed by atoms with Crippen LogP contribution in [0.25, 0.3) is 0 Å². The van der Waals surface area contributed by atoms with Crippen molar-refractivity contribution in [1.82, 2.24) is 0 Å². The first-order valence-corrected chi connectivity index (χ1v) is 6.87. The lowest BCUT2D eigenvalue weighted by atomic mass is 9.99.